The van der Waals surface area contributed by atoms with Gasteiger partial charge in [0.25, 0.3) is 0 Å². The van der Waals surface area contributed by atoms with Crippen molar-refractivity contribution in [3.05, 3.63) is 71.8 Å². The molecule has 336 valence electrons. The minimum absolute atomic E-state index is 0.168. The smallest absolute Gasteiger partial charge is 0.317 e. The number of nitrogens with zero attached hydrogens (tertiary/aromatic N) is 2. The number of methoxy groups -OCH3 is 1. The van der Waals surface area contributed by atoms with E-state index in [9.17, 15) is 24.9 Å². The number of aliphatic hydroxyl groups excluding tert-OH is 2. The van der Waals surface area contributed by atoms with Gasteiger partial charge in [-0.1, -0.05) is 81.4 Å². The number of likely N-dealkylation sites (N-methyl/N-ethyl adjacent to an activating group) is 1. The third-order valence-electron chi connectivity index (χ3n) is 12.8. The highest BCUT2D eigenvalue weighted by molar-refractivity contribution is 5.79. The first-order valence-corrected chi connectivity index (χ1v) is 21.6. The largest absolute Gasteiger partial charge is 0.387 e. The maximum Gasteiger partial charge on any atom is 0.317 e. The van der Waals surface area contributed by atoms with Crippen LogP contribution >= 0.6 is 0 Å². The monoisotopic (exact) mass is 841 g/mol. The van der Waals surface area contributed by atoms with Gasteiger partial charge in [0.05, 0.1) is 47.6 Å². The highest BCUT2D eigenvalue weighted by Gasteiger charge is 2.51. The van der Waals surface area contributed by atoms with Crippen LogP contribution in [0.3, 0.4) is 0 Å². The second kappa shape index (κ2) is 20.8. The number of nitrogens with one attached hydrogen (secondary N) is 2. The molecule has 3 saturated heterocycles. The summed E-state index contributed by atoms with van der Waals surface area (Å²) in [5.41, 5.74) is -0.645. The number of urea groups is 1. The van der Waals surface area contributed by atoms with E-state index in [0.29, 0.717) is 19.4 Å². The first-order valence-electron chi connectivity index (χ1n) is 21.6. The maximum absolute atomic E-state index is 14.7. The molecule has 5 rings (SSSR count). The SMILES string of the molecule is CO[C@]1(C)C[C@H](OC2[C@@H](C)C(=O)NC(Cc3ccccc3)CN(C(=O)NCc3ccccc3)C[C@H](C)C[C@@](C)(O)[C@H](OC3OC(C)CC(N(C)C)[C@H]3O)[C@H]2C)O[C@@H](C)[C@@H]1O. The van der Waals surface area contributed by atoms with Gasteiger partial charge in [-0.05, 0) is 78.1 Å². The van der Waals surface area contributed by atoms with Gasteiger partial charge in [-0.3, -0.25) is 4.79 Å². The first-order chi connectivity index (χ1) is 28.3. The summed E-state index contributed by atoms with van der Waals surface area (Å²) in [5, 5.41) is 41.8. The fourth-order valence-corrected chi connectivity index (χ4v) is 9.47. The lowest BCUT2D eigenvalue weighted by atomic mass is 9.77. The highest BCUT2D eigenvalue weighted by atomic mass is 16.7. The predicted octanol–water partition coefficient (Wildman–Crippen LogP) is 4.09. The van der Waals surface area contributed by atoms with E-state index in [-0.39, 0.29) is 55.9 Å². The quantitative estimate of drug-likeness (QED) is 0.234. The molecule has 3 fully saturated rings. The summed E-state index contributed by atoms with van der Waals surface area (Å²) >= 11 is 0. The van der Waals surface area contributed by atoms with Crippen molar-refractivity contribution >= 4 is 11.9 Å². The number of carbonyl (C=O) groups is 2. The highest BCUT2D eigenvalue weighted by Crippen LogP contribution is 2.39. The number of rotatable bonds is 10. The molecular formula is C46H72N4O10. The van der Waals surface area contributed by atoms with Gasteiger partial charge < -0.3 is 59.4 Å². The Labute approximate surface area is 357 Å². The van der Waals surface area contributed by atoms with Crippen LogP contribution in [0.25, 0.3) is 0 Å². The summed E-state index contributed by atoms with van der Waals surface area (Å²) < 4.78 is 32.0. The zero-order valence-corrected chi connectivity index (χ0v) is 37.3. The number of ether oxygens (including phenoxy) is 5. The molecule has 0 saturated carbocycles. The molecular weight excluding hydrogens is 769 g/mol. The van der Waals surface area contributed by atoms with Crippen LogP contribution in [-0.2, 0) is 41.4 Å². The number of amides is 3. The van der Waals surface area contributed by atoms with E-state index in [2.05, 4.69) is 10.6 Å². The van der Waals surface area contributed by atoms with Crippen molar-refractivity contribution in [2.45, 2.75) is 153 Å². The lowest BCUT2D eigenvalue weighted by molar-refractivity contribution is -0.317. The van der Waals surface area contributed by atoms with Gasteiger partial charge in [-0.25, -0.2) is 4.79 Å². The van der Waals surface area contributed by atoms with Crippen molar-refractivity contribution in [2.24, 2.45) is 17.8 Å². The van der Waals surface area contributed by atoms with Crippen molar-refractivity contribution in [1.29, 1.82) is 0 Å². The zero-order chi connectivity index (χ0) is 43.9. The van der Waals surface area contributed by atoms with E-state index in [1.54, 1.807) is 32.6 Å². The lowest BCUT2D eigenvalue weighted by Crippen LogP contribution is -2.60. The number of hydrogen-bond acceptors (Lipinski definition) is 11. The molecule has 0 bridgehead atoms. The molecule has 0 radical (unpaired) electrons. The number of benzene rings is 2. The van der Waals surface area contributed by atoms with Gasteiger partial charge in [0.2, 0.25) is 5.91 Å². The van der Waals surface area contributed by atoms with Crippen LogP contribution in [-0.4, -0.2) is 144 Å². The Balaban J connectivity index is 1.56. The molecule has 3 amide bonds. The summed E-state index contributed by atoms with van der Waals surface area (Å²) in [6.45, 7) is 13.6. The molecule has 15 atom stereocenters. The zero-order valence-electron chi connectivity index (χ0n) is 37.3. The molecule has 0 aromatic heterocycles. The van der Waals surface area contributed by atoms with E-state index in [1.807, 2.05) is 100 Å². The fraction of sp³-hybridized carbons (Fsp3) is 0.696. The van der Waals surface area contributed by atoms with E-state index < -0.39 is 72.2 Å². The van der Waals surface area contributed by atoms with Crippen LogP contribution in [0.4, 0.5) is 4.79 Å². The minimum atomic E-state index is -1.59. The molecule has 3 aliphatic heterocycles. The van der Waals surface area contributed by atoms with Crippen molar-refractivity contribution < 1.29 is 48.6 Å². The fourth-order valence-electron chi connectivity index (χ4n) is 9.47. The Morgan fingerprint density at radius 1 is 0.933 bits per heavy atom. The van der Waals surface area contributed by atoms with E-state index >= 15 is 0 Å². The summed E-state index contributed by atoms with van der Waals surface area (Å²) in [6.07, 6.45) is -5.45. The molecule has 14 nitrogen and oxygen atoms in total. The molecule has 5 N–H and O–H groups in total. The van der Waals surface area contributed by atoms with Gasteiger partial charge in [-0.2, -0.15) is 0 Å². The Hall–Kier alpha value is -3.18. The number of aliphatic hydroxyl groups is 3. The average molecular weight is 841 g/mol. The van der Waals surface area contributed by atoms with Crippen LogP contribution in [0.15, 0.2) is 60.7 Å². The number of hydrogen-bond donors (Lipinski definition) is 5. The van der Waals surface area contributed by atoms with E-state index in [0.717, 1.165) is 11.1 Å². The standard InChI is InChI=1S/C46H72N4O10/c1-28-23-45(6,55)41(60-43-38(51)36(49(8)9)21-29(2)57-43)30(3)39(59-37-24-46(7,56-10)40(52)32(5)58-37)31(4)42(53)48-35(22-33-17-13-11-14-18-33)27-50(26-28)44(54)47-25-34-19-15-12-16-20-34/h11-20,28-32,35-41,43,51-52,55H,21-27H2,1-10H3,(H,47,54)(H,48,53)/t28-,29?,30+,31-,32+,35?,36?,37+,38-,39?,40+,41-,43?,45-,46-/m1/s1. The van der Waals surface area contributed by atoms with Crippen molar-refractivity contribution in [2.75, 3.05) is 34.3 Å². The van der Waals surface area contributed by atoms with Crippen LogP contribution in [0.2, 0.25) is 0 Å². The van der Waals surface area contributed by atoms with Gasteiger partial charge >= 0.3 is 6.03 Å². The van der Waals surface area contributed by atoms with Crippen molar-refractivity contribution in [3.63, 3.8) is 0 Å². The van der Waals surface area contributed by atoms with Gasteiger partial charge in [0, 0.05) is 45.1 Å². The van der Waals surface area contributed by atoms with Gasteiger partial charge in [-0.15, -0.1) is 0 Å². The second-order valence-corrected chi connectivity index (χ2v) is 18.4. The first kappa shape index (κ1) is 47.9. The second-order valence-electron chi connectivity index (χ2n) is 18.4. The molecule has 2 aromatic rings. The third kappa shape index (κ3) is 12.0. The van der Waals surface area contributed by atoms with E-state index in [1.165, 1.54) is 7.11 Å². The molecule has 0 aliphatic carbocycles. The van der Waals surface area contributed by atoms with Crippen molar-refractivity contribution in [1.82, 2.24) is 20.4 Å². The van der Waals surface area contributed by atoms with Gasteiger partial charge in [0.1, 0.15) is 12.2 Å². The minimum Gasteiger partial charge on any atom is -0.387 e. The molecule has 2 aromatic carbocycles. The predicted molar refractivity (Wildman–Crippen MR) is 228 cm³/mol. The van der Waals surface area contributed by atoms with Crippen LogP contribution < -0.4 is 10.6 Å². The van der Waals surface area contributed by atoms with Crippen LogP contribution in [0.1, 0.15) is 78.9 Å². The average Bonchev–Trinajstić information content (AvgIpc) is 3.20. The summed E-state index contributed by atoms with van der Waals surface area (Å²) in [5.74, 6) is -2.12. The molecule has 60 heavy (non-hydrogen) atoms. The molecule has 3 heterocycles. The summed E-state index contributed by atoms with van der Waals surface area (Å²) in [4.78, 5) is 32.6. The Kier molecular flexibility index (Phi) is 16.6. The molecule has 14 heteroatoms. The molecule has 0 spiro atoms. The molecule has 5 unspecified atom stereocenters. The summed E-state index contributed by atoms with van der Waals surface area (Å²) in [6, 6.07) is 18.4. The van der Waals surface area contributed by atoms with Crippen LogP contribution in [0.5, 0.6) is 0 Å². The third-order valence-corrected chi connectivity index (χ3v) is 12.8. The Morgan fingerprint density at radius 2 is 1.57 bits per heavy atom. The Bertz CT molecular complexity index is 1650. The topological polar surface area (TPSA) is 172 Å². The maximum atomic E-state index is 14.7. The molecule has 3 aliphatic rings. The van der Waals surface area contributed by atoms with E-state index in [4.69, 9.17) is 23.7 Å². The normalized spacial score (nSPS) is 38.6. The lowest BCUT2D eigenvalue weighted by Gasteiger charge is -2.48. The van der Waals surface area contributed by atoms with Crippen molar-refractivity contribution in [3.8, 4) is 0 Å². The van der Waals surface area contributed by atoms with Gasteiger partial charge in [0.15, 0.2) is 12.6 Å². The Morgan fingerprint density at radius 3 is 2.18 bits per heavy atom. The summed E-state index contributed by atoms with van der Waals surface area (Å²) in [7, 11) is 5.33. The van der Waals surface area contributed by atoms with Crippen LogP contribution in [0, 0.1) is 17.8 Å². The number of carbonyl (C=O) groups excluding carboxylic acids is 2.